The molecule has 90 valence electrons. The summed E-state index contributed by atoms with van der Waals surface area (Å²) in [5.74, 6) is 1.73. The molecule has 2 bridgehead atoms. The van der Waals surface area contributed by atoms with Crippen LogP contribution in [-0.2, 0) is 0 Å². The Hall–Kier alpha value is -1.31. The predicted molar refractivity (Wildman–Crippen MR) is 67.9 cm³/mol. The van der Waals surface area contributed by atoms with Gasteiger partial charge in [-0.15, -0.1) is 0 Å². The number of hydrogen-bond donors (Lipinski definition) is 1. The van der Waals surface area contributed by atoms with Gasteiger partial charge < -0.3 is 5.32 Å². The standard InChI is InChI=1S/C15H19NO/c1-10-4-2-3-5-13(10)15(17)16-14-9-11-6-7-12(14)8-11/h2-5,11-12,14H,6-9H2,1H3,(H,16,17)/t11-,12-,14-/m1/s1. The molecular formula is C15H19NO. The normalized spacial score (nSPS) is 30.5. The first-order valence-electron chi connectivity index (χ1n) is 6.60. The van der Waals surface area contributed by atoms with Crippen molar-refractivity contribution in [1.29, 1.82) is 0 Å². The fraction of sp³-hybridized carbons (Fsp3) is 0.533. The first kappa shape index (κ1) is 10.8. The molecule has 0 radical (unpaired) electrons. The van der Waals surface area contributed by atoms with Gasteiger partial charge in [-0.25, -0.2) is 0 Å². The lowest BCUT2D eigenvalue weighted by molar-refractivity contribution is 0.0922. The lowest BCUT2D eigenvalue weighted by Gasteiger charge is -2.23. The average Bonchev–Trinajstić information content (AvgIpc) is 2.91. The van der Waals surface area contributed by atoms with Crippen molar-refractivity contribution in [3.05, 3.63) is 35.4 Å². The van der Waals surface area contributed by atoms with Crippen LogP contribution < -0.4 is 5.32 Å². The summed E-state index contributed by atoms with van der Waals surface area (Å²) in [6.07, 6.45) is 5.21. The highest BCUT2D eigenvalue weighted by Gasteiger charge is 2.40. The molecule has 1 amide bonds. The number of fused-ring (bicyclic) bond motifs is 2. The lowest BCUT2D eigenvalue weighted by Crippen LogP contribution is -2.38. The molecule has 17 heavy (non-hydrogen) atoms. The monoisotopic (exact) mass is 229 g/mol. The Bertz CT molecular complexity index is 440. The van der Waals surface area contributed by atoms with Gasteiger partial charge in [-0.2, -0.15) is 0 Å². The van der Waals surface area contributed by atoms with E-state index in [2.05, 4.69) is 5.32 Å². The topological polar surface area (TPSA) is 29.1 Å². The minimum absolute atomic E-state index is 0.112. The number of nitrogens with one attached hydrogen (secondary N) is 1. The van der Waals surface area contributed by atoms with Gasteiger partial charge in [-0.1, -0.05) is 24.6 Å². The number of aryl methyl sites for hydroxylation is 1. The summed E-state index contributed by atoms with van der Waals surface area (Å²) in [5.41, 5.74) is 1.89. The van der Waals surface area contributed by atoms with Crippen LogP contribution in [0.1, 0.15) is 41.6 Å². The molecule has 1 N–H and O–H groups in total. The van der Waals surface area contributed by atoms with Crippen LogP contribution in [0.2, 0.25) is 0 Å². The van der Waals surface area contributed by atoms with Gasteiger partial charge in [0.1, 0.15) is 0 Å². The molecule has 0 aliphatic heterocycles. The Kier molecular flexibility index (Phi) is 2.65. The molecule has 2 nitrogen and oxygen atoms in total. The Balaban J connectivity index is 1.70. The van der Waals surface area contributed by atoms with Gasteiger partial charge in [0.05, 0.1) is 0 Å². The molecule has 0 spiro atoms. The third-order valence-corrected chi connectivity index (χ3v) is 4.44. The van der Waals surface area contributed by atoms with Crippen LogP contribution in [0.4, 0.5) is 0 Å². The quantitative estimate of drug-likeness (QED) is 0.830. The molecular weight excluding hydrogens is 210 g/mol. The predicted octanol–water partition coefficient (Wildman–Crippen LogP) is 2.91. The third-order valence-electron chi connectivity index (χ3n) is 4.44. The number of carbonyl (C=O) groups is 1. The van der Waals surface area contributed by atoms with E-state index in [0.29, 0.717) is 6.04 Å². The van der Waals surface area contributed by atoms with Crippen LogP contribution >= 0.6 is 0 Å². The second-order valence-electron chi connectivity index (χ2n) is 5.57. The number of benzene rings is 1. The summed E-state index contributed by atoms with van der Waals surface area (Å²) in [4.78, 5) is 12.2. The largest absolute Gasteiger partial charge is 0.349 e. The Labute approximate surface area is 102 Å². The number of amides is 1. The Morgan fingerprint density at radius 1 is 1.24 bits per heavy atom. The summed E-state index contributed by atoms with van der Waals surface area (Å²) in [6.45, 7) is 2.00. The highest BCUT2D eigenvalue weighted by Crippen LogP contribution is 2.44. The van der Waals surface area contributed by atoms with Crippen LogP contribution in [-0.4, -0.2) is 11.9 Å². The molecule has 3 rings (SSSR count). The SMILES string of the molecule is Cc1ccccc1C(=O)N[C@@H]1C[C@@H]2CC[C@@H]1C2. The van der Waals surface area contributed by atoms with E-state index in [-0.39, 0.29) is 5.91 Å². The van der Waals surface area contributed by atoms with E-state index in [9.17, 15) is 4.79 Å². The Morgan fingerprint density at radius 2 is 2.06 bits per heavy atom. The maximum atomic E-state index is 12.2. The van der Waals surface area contributed by atoms with Crippen LogP contribution in [0.5, 0.6) is 0 Å². The molecule has 0 saturated heterocycles. The first-order chi connectivity index (χ1) is 8.24. The van der Waals surface area contributed by atoms with Crippen molar-refractivity contribution in [3.8, 4) is 0 Å². The maximum Gasteiger partial charge on any atom is 0.251 e. The zero-order valence-electron chi connectivity index (χ0n) is 10.3. The van der Waals surface area contributed by atoms with Crippen molar-refractivity contribution in [2.24, 2.45) is 11.8 Å². The highest BCUT2D eigenvalue weighted by molar-refractivity contribution is 5.95. The number of hydrogen-bond acceptors (Lipinski definition) is 1. The average molecular weight is 229 g/mol. The van der Waals surface area contributed by atoms with Crippen molar-refractivity contribution < 1.29 is 4.79 Å². The van der Waals surface area contributed by atoms with E-state index < -0.39 is 0 Å². The molecule has 1 aromatic rings. The first-order valence-corrected chi connectivity index (χ1v) is 6.60. The van der Waals surface area contributed by atoms with Crippen molar-refractivity contribution >= 4 is 5.91 Å². The summed E-state index contributed by atoms with van der Waals surface area (Å²) >= 11 is 0. The molecule has 2 heteroatoms. The van der Waals surface area contributed by atoms with Crippen LogP contribution in [0.25, 0.3) is 0 Å². The van der Waals surface area contributed by atoms with Crippen LogP contribution in [0, 0.1) is 18.8 Å². The zero-order valence-corrected chi connectivity index (χ0v) is 10.3. The minimum atomic E-state index is 0.112. The van der Waals surface area contributed by atoms with Gasteiger partial charge in [0.25, 0.3) is 5.91 Å². The summed E-state index contributed by atoms with van der Waals surface area (Å²) in [5, 5.41) is 3.23. The summed E-state index contributed by atoms with van der Waals surface area (Å²) in [6, 6.07) is 8.25. The molecule has 2 aliphatic carbocycles. The van der Waals surface area contributed by atoms with Crippen molar-refractivity contribution in [2.45, 2.75) is 38.6 Å². The Morgan fingerprint density at radius 3 is 2.71 bits per heavy atom. The molecule has 1 aromatic carbocycles. The van der Waals surface area contributed by atoms with Gasteiger partial charge >= 0.3 is 0 Å². The summed E-state index contributed by atoms with van der Waals surface area (Å²) < 4.78 is 0. The number of rotatable bonds is 2. The van der Waals surface area contributed by atoms with E-state index in [1.54, 1.807) is 0 Å². The lowest BCUT2D eigenvalue weighted by atomic mass is 9.95. The minimum Gasteiger partial charge on any atom is -0.349 e. The van der Waals surface area contributed by atoms with E-state index in [1.165, 1.54) is 25.7 Å². The smallest absolute Gasteiger partial charge is 0.251 e. The fourth-order valence-electron chi connectivity index (χ4n) is 3.50. The van der Waals surface area contributed by atoms with E-state index in [0.717, 1.165) is 23.0 Å². The van der Waals surface area contributed by atoms with Gasteiger partial charge in [0.2, 0.25) is 0 Å². The summed E-state index contributed by atoms with van der Waals surface area (Å²) in [7, 11) is 0. The van der Waals surface area contributed by atoms with E-state index in [4.69, 9.17) is 0 Å². The highest BCUT2D eigenvalue weighted by atomic mass is 16.1. The van der Waals surface area contributed by atoms with Gasteiger partial charge in [0.15, 0.2) is 0 Å². The van der Waals surface area contributed by atoms with Crippen molar-refractivity contribution in [3.63, 3.8) is 0 Å². The fourth-order valence-corrected chi connectivity index (χ4v) is 3.50. The van der Waals surface area contributed by atoms with Crippen LogP contribution in [0.3, 0.4) is 0 Å². The van der Waals surface area contributed by atoms with Crippen molar-refractivity contribution in [1.82, 2.24) is 5.32 Å². The van der Waals surface area contributed by atoms with Crippen LogP contribution in [0.15, 0.2) is 24.3 Å². The molecule has 2 aliphatic rings. The number of carbonyl (C=O) groups excluding carboxylic acids is 1. The molecule has 3 atom stereocenters. The molecule has 0 unspecified atom stereocenters. The molecule has 2 fully saturated rings. The third kappa shape index (κ3) is 1.97. The van der Waals surface area contributed by atoms with Gasteiger partial charge in [-0.05, 0) is 49.7 Å². The van der Waals surface area contributed by atoms with E-state index >= 15 is 0 Å². The molecule has 2 saturated carbocycles. The second-order valence-corrected chi connectivity index (χ2v) is 5.57. The molecule has 0 aromatic heterocycles. The maximum absolute atomic E-state index is 12.2. The van der Waals surface area contributed by atoms with Crippen molar-refractivity contribution in [2.75, 3.05) is 0 Å². The van der Waals surface area contributed by atoms with E-state index in [1.807, 2.05) is 31.2 Å². The van der Waals surface area contributed by atoms with Gasteiger partial charge in [0, 0.05) is 11.6 Å². The molecule has 0 heterocycles. The van der Waals surface area contributed by atoms with Gasteiger partial charge in [-0.3, -0.25) is 4.79 Å². The second kappa shape index (κ2) is 4.17. The zero-order chi connectivity index (χ0) is 11.8.